The van der Waals surface area contributed by atoms with E-state index >= 15 is 0 Å². The molecule has 0 aliphatic carbocycles. The number of halogens is 3. The molecule has 0 saturated carbocycles. The van der Waals surface area contributed by atoms with E-state index in [2.05, 4.69) is 24.1 Å². The smallest absolute Gasteiger partial charge is 0.312 e. The second-order valence-corrected chi connectivity index (χ2v) is 10.8. The van der Waals surface area contributed by atoms with Gasteiger partial charge in [-0.1, -0.05) is 26.7 Å². The molecule has 3 heterocycles. The third-order valence-corrected chi connectivity index (χ3v) is 8.42. The number of thiazole rings is 1. The Bertz CT molecular complexity index is 1120. The number of hydrogen-bond donors (Lipinski definition) is 1. The lowest BCUT2D eigenvalue weighted by Gasteiger charge is -2.13. The van der Waals surface area contributed by atoms with Crippen molar-refractivity contribution in [2.45, 2.75) is 65.1 Å². The van der Waals surface area contributed by atoms with E-state index in [1.807, 2.05) is 0 Å². The zero-order chi connectivity index (χ0) is 22.9. The summed E-state index contributed by atoms with van der Waals surface area (Å²) in [4.78, 5) is 19.6. The monoisotopic (exact) mass is 480 g/mol. The molecule has 8 heteroatoms. The molecule has 32 heavy (non-hydrogen) atoms. The quantitative estimate of drug-likeness (QED) is 0.377. The number of fused-ring (bicyclic) bond motifs is 2. The Morgan fingerprint density at radius 2 is 2.09 bits per heavy atom. The van der Waals surface area contributed by atoms with Gasteiger partial charge in [-0.05, 0) is 49.1 Å². The van der Waals surface area contributed by atoms with Crippen molar-refractivity contribution < 1.29 is 18.0 Å². The zero-order valence-corrected chi connectivity index (χ0v) is 19.9. The van der Waals surface area contributed by atoms with Crippen LogP contribution in [0.3, 0.4) is 0 Å². The summed E-state index contributed by atoms with van der Waals surface area (Å²) >= 11 is 3.06. The Kier molecular flexibility index (Phi) is 7.03. The maximum Gasteiger partial charge on any atom is 0.416 e. The van der Waals surface area contributed by atoms with E-state index in [0.717, 1.165) is 71.1 Å². The van der Waals surface area contributed by atoms with Crippen LogP contribution in [0.25, 0.3) is 20.8 Å². The van der Waals surface area contributed by atoms with E-state index in [1.54, 1.807) is 11.3 Å². The van der Waals surface area contributed by atoms with E-state index in [4.69, 9.17) is 0 Å². The fourth-order valence-electron chi connectivity index (χ4n) is 4.09. The van der Waals surface area contributed by atoms with Crippen LogP contribution in [0.4, 0.5) is 13.2 Å². The fourth-order valence-corrected chi connectivity index (χ4v) is 6.56. The van der Waals surface area contributed by atoms with Crippen molar-refractivity contribution in [3.05, 3.63) is 39.1 Å². The average Bonchev–Trinajstić information content (AvgIpc) is 3.32. The molecule has 0 unspecified atom stereocenters. The van der Waals surface area contributed by atoms with Crippen LogP contribution >= 0.6 is 22.7 Å². The molecule has 0 spiro atoms. The van der Waals surface area contributed by atoms with Crippen molar-refractivity contribution in [3.63, 3.8) is 0 Å². The first-order valence-corrected chi connectivity index (χ1v) is 12.7. The molecular weight excluding hydrogens is 453 g/mol. The summed E-state index contributed by atoms with van der Waals surface area (Å²) < 4.78 is 40.1. The highest BCUT2D eigenvalue weighted by molar-refractivity contribution is 7.22. The summed E-state index contributed by atoms with van der Waals surface area (Å²) in [5.74, 6) is 0.851. The predicted octanol–water partition coefficient (Wildman–Crippen LogP) is 7.02. The maximum atomic E-state index is 13.1. The van der Waals surface area contributed by atoms with Gasteiger partial charge >= 0.3 is 6.18 Å². The summed E-state index contributed by atoms with van der Waals surface area (Å²) in [5, 5.41) is 4.10. The van der Waals surface area contributed by atoms with E-state index < -0.39 is 11.7 Å². The number of nitrogens with zero attached hydrogens (tertiary/aromatic N) is 1. The first-order valence-electron chi connectivity index (χ1n) is 11.1. The van der Waals surface area contributed by atoms with Crippen molar-refractivity contribution in [3.8, 4) is 10.6 Å². The molecule has 4 rings (SSSR count). The zero-order valence-electron chi connectivity index (χ0n) is 18.3. The number of nitrogens with one attached hydrogen (secondary N) is 1. The summed E-state index contributed by atoms with van der Waals surface area (Å²) in [6.07, 6.45) is 0.467. The summed E-state index contributed by atoms with van der Waals surface area (Å²) in [6, 6.07) is 3.73. The van der Waals surface area contributed by atoms with Gasteiger partial charge in [-0.2, -0.15) is 13.2 Å². The minimum Gasteiger partial charge on any atom is -0.312 e. The van der Waals surface area contributed by atoms with Crippen LogP contribution in [0.2, 0.25) is 0 Å². The lowest BCUT2D eigenvalue weighted by molar-refractivity contribution is -0.137. The van der Waals surface area contributed by atoms with Crippen LogP contribution in [0, 0.1) is 5.92 Å². The molecule has 3 nitrogen and oxygen atoms in total. The molecule has 1 aromatic carbocycles. The number of benzene rings is 1. The number of aromatic nitrogens is 1. The first-order chi connectivity index (χ1) is 15.3. The lowest BCUT2D eigenvalue weighted by atomic mass is 9.98. The minimum absolute atomic E-state index is 0.224. The molecule has 172 valence electrons. The number of Topliss-reactive ketones (excluding diaryl/α,β-unsaturated/α-hetero) is 1. The van der Waals surface area contributed by atoms with E-state index in [1.165, 1.54) is 27.8 Å². The Morgan fingerprint density at radius 1 is 1.28 bits per heavy atom. The molecule has 0 fully saturated rings. The maximum absolute atomic E-state index is 13.1. The molecular formula is C24H27F3N2OS2. The van der Waals surface area contributed by atoms with Crippen LogP contribution in [-0.2, 0) is 30.4 Å². The van der Waals surface area contributed by atoms with Gasteiger partial charge in [0.05, 0.1) is 15.8 Å². The molecule has 0 amide bonds. The van der Waals surface area contributed by atoms with Crippen LogP contribution in [0.1, 0.15) is 60.4 Å². The summed E-state index contributed by atoms with van der Waals surface area (Å²) in [7, 11) is 0. The Labute approximate surface area is 194 Å². The molecule has 1 aliphatic heterocycles. The summed E-state index contributed by atoms with van der Waals surface area (Å²) in [6.45, 7) is 5.99. The van der Waals surface area contributed by atoms with Crippen molar-refractivity contribution in [1.29, 1.82) is 0 Å². The second-order valence-electron chi connectivity index (χ2n) is 8.55. The number of hydrogen-bond acceptors (Lipinski definition) is 5. The molecule has 0 bridgehead atoms. The predicted molar refractivity (Wildman–Crippen MR) is 125 cm³/mol. The topological polar surface area (TPSA) is 42.0 Å². The number of carbonyl (C=O) groups is 1. The molecule has 1 N–H and O–H groups in total. The van der Waals surface area contributed by atoms with Gasteiger partial charge in [-0.25, -0.2) is 4.98 Å². The Balaban J connectivity index is 1.64. The SMILES string of the molecule is CC[C@H](C)CCCC(=O)Cc1sc2c(c1-c1nc3cc(C(F)(F)F)ccc3s1)CCNC2. The number of carbonyl (C=O) groups excluding carboxylic acids is 1. The van der Waals surface area contributed by atoms with Crippen molar-refractivity contribution in [2.75, 3.05) is 6.54 Å². The van der Waals surface area contributed by atoms with Crippen LogP contribution in [0.15, 0.2) is 18.2 Å². The van der Waals surface area contributed by atoms with Gasteiger partial charge < -0.3 is 5.32 Å². The molecule has 2 aromatic heterocycles. The number of rotatable bonds is 8. The van der Waals surface area contributed by atoms with Gasteiger partial charge in [0, 0.05) is 34.7 Å². The molecule has 3 aromatic rings. The minimum atomic E-state index is -4.39. The molecule has 0 radical (unpaired) electrons. The Morgan fingerprint density at radius 3 is 2.84 bits per heavy atom. The second kappa shape index (κ2) is 9.61. The fraction of sp³-hybridized carbons (Fsp3) is 0.500. The van der Waals surface area contributed by atoms with Crippen molar-refractivity contribution >= 4 is 38.7 Å². The van der Waals surface area contributed by atoms with E-state index in [0.29, 0.717) is 24.3 Å². The third-order valence-electron chi connectivity index (χ3n) is 6.14. The molecule has 1 atom stereocenters. The van der Waals surface area contributed by atoms with E-state index in [-0.39, 0.29) is 5.78 Å². The summed E-state index contributed by atoms with van der Waals surface area (Å²) in [5.41, 5.74) is 1.86. The van der Waals surface area contributed by atoms with Crippen LogP contribution in [0.5, 0.6) is 0 Å². The Hall–Kier alpha value is -1.77. The number of ketones is 1. The largest absolute Gasteiger partial charge is 0.416 e. The normalized spacial score (nSPS) is 15.2. The van der Waals surface area contributed by atoms with Gasteiger partial charge in [0.15, 0.2) is 0 Å². The number of alkyl halides is 3. The van der Waals surface area contributed by atoms with Gasteiger partial charge in [-0.15, -0.1) is 22.7 Å². The van der Waals surface area contributed by atoms with Gasteiger partial charge in [-0.3, -0.25) is 4.79 Å². The van der Waals surface area contributed by atoms with Crippen molar-refractivity contribution in [2.24, 2.45) is 5.92 Å². The van der Waals surface area contributed by atoms with Crippen LogP contribution in [-0.4, -0.2) is 17.3 Å². The third kappa shape index (κ3) is 5.07. The first kappa shape index (κ1) is 23.4. The van der Waals surface area contributed by atoms with Gasteiger partial charge in [0.2, 0.25) is 0 Å². The standard InChI is InChI=1S/C24H27F3N2OS2/c1-3-14(2)5-4-6-16(30)12-20-22(17-9-10-28-13-21(17)31-20)23-29-18-11-15(24(25,26)27)7-8-19(18)32-23/h7-8,11,14,28H,3-6,9-10,12-13H2,1-2H3/t14-/m0/s1. The average molecular weight is 481 g/mol. The lowest BCUT2D eigenvalue weighted by Crippen LogP contribution is -2.22. The number of thiophene rings is 1. The van der Waals surface area contributed by atoms with Gasteiger partial charge in [0.25, 0.3) is 0 Å². The molecule has 0 saturated heterocycles. The van der Waals surface area contributed by atoms with E-state index in [9.17, 15) is 18.0 Å². The highest BCUT2D eigenvalue weighted by Gasteiger charge is 2.31. The van der Waals surface area contributed by atoms with Gasteiger partial charge in [0.1, 0.15) is 10.8 Å². The van der Waals surface area contributed by atoms with Crippen molar-refractivity contribution in [1.82, 2.24) is 10.3 Å². The van der Waals surface area contributed by atoms with Crippen LogP contribution < -0.4 is 5.32 Å². The highest BCUT2D eigenvalue weighted by atomic mass is 32.1. The molecule has 1 aliphatic rings. The highest BCUT2D eigenvalue weighted by Crippen LogP contribution is 2.43.